The van der Waals surface area contributed by atoms with Crippen LogP contribution in [0.5, 0.6) is 0 Å². The number of sulfone groups is 1. The number of alkyl halides is 2. The second kappa shape index (κ2) is 6.60. The number of hydrogen-bond acceptors (Lipinski definition) is 3. The Hall–Kier alpha value is -2.41. The number of benzene rings is 2. The molecule has 0 fully saturated rings. The molecule has 2 N–H and O–H groups in total. The van der Waals surface area contributed by atoms with E-state index in [-0.39, 0.29) is 4.90 Å². The van der Waals surface area contributed by atoms with E-state index in [1.165, 1.54) is 29.8 Å². The van der Waals surface area contributed by atoms with Crippen molar-refractivity contribution >= 4 is 26.4 Å². The van der Waals surface area contributed by atoms with Gasteiger partial charge in [0.2, 0.25) is 9.84 Å². The second-order valence-electron chi connectivity index (χ2n) is 5.37. The molecule has 0 unspecified atom stereocenters. The fourth-order valence-electron chi connectivity index (χ4n) is 2.55. The Balaban J connectivity index is 1.63. The van der Waals surface area contributed by atoms with Crippen LogP contribution in [-0.2, 0) is 16.3 Å². The van der Waals surface area contributed by atoms with Crippen LogP contribution in [0.2, 0.25) is 0 Å². The quantitative estimate of drug-likeness (QED) is 0.710. The van der Waals surface area contributed by atoms with E-state index in [2.05, 4.69) is 10.3 Å². The molecular weight excluding hydrogens is 334 g/mol. The van der Waals surface area contributed by atoms with Crippen LogP contribution in [-0.4, -0.2) is 25.7 Å². The normalized spacial score (nSPS) is 12.0. The van der Waals surface area contributed by atoms with Crippen LogP contribution in [0.3, 0.4) is 0 Å². The molecule has 0 radical (unpaired) electrons. The van der Waals surface area contributed by atoms with Crippen molar-refractivity contribution in [3.8, 4) is 0 Å². The van der Waals surface area contributed by atoms with E-state index < -0.39 is 15.6 Å². The number of hydrogen-bond donors (Lipinski definition) is 2. The molecule has 3 rings (SSSR count). The van der Waals surface area contributed by atoms with Crippen LogP contribution < -0.4 is 5.32 Å². The summed E-state index contributed by atoms with van der Waals surface area (Å²) in [5, 5.41) is 4.32. The molecule has 4 nitrogen and oxygen atoms in total. The van der Waals surface area contributed by atoms with Gasteiger partial charge in [-0.15, -0.1) is 0 Å². The topological polar surface area (TPSA) is 62.0 Å². The van der Waals surface area contributed by atoms with Crippen molar-refractivity contribution < 1.29 is 17.2 Å². The fraction of sp³-hybridized carbons (Fsp3) is 0.176. The fourth-order valence-corrected chi connectivity index (χ4v) is 3.27. The molecule has 0 bridgehead atoms. The first-order chi connectivity index (χ1) is 11.5. The highest BCUT2D eigenvalue weighted by Crippen LogP contribution is 2.21. The minimum absolute atomic E-state index is 0.375. The van der Waals surface area contributed by atoms with Crippen molar-refractivity contribution in [1.29, 1.82) is 0 Å². The van der Waals surface area contributed by atoms with Gasteiger partial charge in [-0.2, -0.15) is 8.78 Å². The highest BCUT2D eigenvalue weighted by atomic mass is 32.2. The lowest BCUT2D eigenvalue weighted by Gasteiger charge is -2.08. The molecule has 126 valence electrons. The molecular formula is C17H16F2N2O2S. The van der Waals surface area contributed by atoms with Crippen molar-refractivity contribution in [2.45, 2.75) is 17.1 Å². The summed E-state index contributed by atoms with van der Waals surface area (Å²) in [4.78, 5) is 2.83. The van der Waals surface area contributed by atoms with E-state index in [9.17, 15) is 17.2 Å². The van der Waals surface area contributed by atoms with Crippen LogP contribution in [0.1, 0.15) is 5.56 Å². The Kier molecular flexibility index (Phi) is 4.53. The van der Waals surface area contributed by atoms with Crippen molar-refractivity contribution in [2.75, 3.05) is 11.9 Å². The molecule has 2 aromatic carbocycles. The molecule has 0 amide bonds. The van der Waals surface area contributed by atoms with Crippen LogP contribution in [0.25, 0.3) is 10.9 Å². The van der Waals surface area contributed by atoms with Gasteiger partial charge >= 0.3 is 5.76 Å². The Bertz CT molecular complexity index is 935. The highest BCUT2D eigenvalue weighted by molar-refractivity contribution is 7.91. The smallest absolute Gasteiger partial charge is 0.341 e. The molecule has 1 heterocycles. The van der Waals surface area contributed by atoms with Crippen molar-refractivity contribution in [1.82, 2.24) is 4.98 Å². The van der Waals surface area contributed by atoms with Crippen LogP contribution in [0, 0.1) is 0 Å². The number of anilines is 1. The first-order valence-corrected chi connectivity index (χ1v) is 8.94. The molecule has 1 aromatic heterocycles. The molecule has 3 aromatic rings. The van der Waals surface area contributed by atoms with Crippen molar-refractivity contribution in [3.05, 3.63) is 60.3 Å². The van der Waals surface area contributed by atoms with Gasteiger partial charge in [0, 0.05) is 29.3 Å². The summed E-state index contributed by atoms with van der Waals surface area (Å²) in [5.41, 5.74) is 2.94. The largest absolute Gasteiger partial charge is 0.385 e. The molecule has 0 atom stereocenters. The van der Waals surface area contributed by atoms with E-state index in [0.717, 1.165) is 17.3 Å². The third-order valence-electron chi connectivity index (χ3n) is 3.82. The number of aromatic nitrogens is 1. The first-order valence-electron chi connectivity index (χ1n) is 7.39. The Morgan fingerprint density at radius 3 is 2.46 bits per heavy atom. The molecule has 0 aliphatic heterocycles. The Morgan fingerprint density at radius 1 is 1.04 bits per heavy atom. The number of nitrogens with one attached hydrogen (secondary N) is 2. The lowest BCUT2D eigenvalue weighted by molar-refractivity contribution is 0.234. The number of halogens is 2. The minimum Gasteiger partial charge on any atom is -0.385 e. The molecule has 0 saturated heterocycles. The minimum atomic E-state index is -4.54. The summed E-state index contributed by atoms with van der Waals surface area (Å²) in [6.07, 6.45) is 2.74. The predicted octanol–water partition coefficient (Wildman–Crippen LogP) is 3.82. The SMILES string of the molecule is O=S(=O)(c1ccc(NCCc2c[nH]c3ccccc23)cc1)C(F)F. The van der Waals surface area contributed by atoms with E-state index in [1.807, 2.05) is 30.5 Å². The van der Waals surface area contributed by atoms with Crippen molar-refractivity contribution in [3.63, 3.8) is 0 Å². The van der Waals surface area contributed by atoms with Gasteiger partial charge in [0.15, 0.2) is 0 Å². The number of para-hydroxylation sites is 1. The molecule has 0 saturated carbocycles. The summed E-state index contributed by atoms with van der Waals surface area (Å²) in [5.74, 6) is -3.40. The summed E-state index contributed by atoms with van der Waals surface area (Å²) < 4.78 is 47.7. The van der Waals surface area contributed by atoms with Crippen LogP contribution >= 0.6 is 0 Å². The monoisotopic (exact) mass is 350 g/mol. The zero-order valence-corrected chi connectivity index (χ0v) is 13.5. The van der Waals surface area contributed by atoms with Crippen LogP contribution in [0.15, 0.2) is 59.6 Å². The summed E-state index contributed by atoms with van der Waals surface area (Å²) in [6, 6.07) is 13.4. The first kappa shape index (κ1) is 16.4. The number of H-pyrrole nitrogens is 1. The molecule has 0 aliphatic rings. The van der Waals surface area contributed by atoms with E-state index >= 15 is 0 Å². The summed E-state index contributed by atoms with van der Waals surface area (Å²) >= 11 is 0. The zero-order chi connectivity index (χ0) is 17.2. The predicted molar refractivity (Wildman–Crippen MR) is 90.1 cm³/mol. The standard InChI is InChI=1S/C17H16F2N2O2S/c18-17(19)24(22,23)14-7-5-13(6-8-14)20-10-9-12-11-21-16-4-2-1-3-15(12)16/h1-8,11,17,20-21H,9-10H2. The second-order valence-corrected chi connectivity index (χ2v) is 7.28. The highest BCUT2D eigenvalue weighted by Gasteiger charge is 2.26. The van der Waals surface area contributed by atoms with Gasteiger partial charge in [-0.3, -0.25) is 0 Å². The van der Waals surface area contributed by atoms with E-state index in [1.54, 1.807) is 0 Å². The Labute approximate surface area is 138 Å². The van der Waals surface area contributed by atoms with Gasteiger partial charge in [-0.1, -0.05) is 18.2 Å². The molecule has 0 spiro atoms. The molecule has 7 heteroatoms. The average molecular weight is 350 g/mol. The zero-order valence-electron chi connectivity index (χ0n) is 12.7. The lowest BCUT2D eigenvalue weighted by atomic mass is 10.1. The third kappa shape index (κ3) is 3.26. The average Bonchev–Trinajstić information content (AvgIpc) is 2.99. The van der Waals surface area contributed by atoms with Gasteiger partial charge in [0.1, 0.15) is 0 Å². The van der Waals surface area contributed by atoms with E-state index in [0.29, 0.717) is 12.2 Å². The third-order valence-corrected chi connectivity index (χ3v) is 5.21. The lowest BCUT2D eigenvalue weighted by Crippen LogP contribution is -2.11. The number of fused-ring (bicyclic) bond motifs is 1. The van der Waals surface area contributed by atoms with Gasteiger partial charge in [0.25, 0.3) is 0 Å². The summed E-state index contributed by atoms with van der Waals surface area (Å²) in [6.45, 7) is 0.642. The summed E-state index contributed by atoms with van der Waals surface area (Å²) in [7, 11) is -4.54. The number of rotatable bonds is 6. The van der Waals surface area contributed by atoms with Gasteiger partial charge in [0.05, 0.1) is 4.90 Å². The maximum atomic E-state index is 12.5. The van der Waals surface area contributed by atoms with Gasteiger partial charge in [-0.25, -0.2) is 8.42 Å². The number of aromatic amines is 1. The van der Waals surface area contributed by atoms with Gasteiger partial charge < -0.3 is 10.3 Å². The maximum absolute atomic E-state index is 12.5. The van der Waals surface area contributed by atoms with E-state index in [4.69, 9.17) is 0 Å². The maximum Gasteiger partial charge on any atom is 0.341 e. The van der Waals surface area contributed by atoms with Crippen LogP contribution in [0.4, 0.5) is 14.5 Å². The Morgan fingerprint density at radius 2 is 1.75 bits per heavy atom. The molecule has 24 heavy (non-hydrogen) atoms. The molecule has 0 aliphatic carbocycles. The van der Waals surface area contributed by atoms with Crippen molar-refractivity contribution in [2.24, 2.45) is 0 Å². The van der Waals surface area contributed by atoms with Gasteiger partial charge in [-0.05, 0) is 42.3 Å².